The van der Waals surface area contributed by atoms with Crippen molar-refractivity contribution >= 4 is 34.7 Å². The smallest absolute Gasteiger partial charge is 0.274 e. The number of methoxy groups -OCH3 is 2. The standard InChI is InChI=1S/C20H19ClN4O3/c1-12-22-16(20(26)25-14-6-4-13(21)5-7-14)11-19(23-12)24-15-8-9-17(27-2)18(10-15)28-3/h4-11H,1-3H3,(H,25,26)(H,22,23,24). The predicted molar refractivity (Wildman–Crippen MR) is 109 cm³/mol. The fraction of sp³-hybridized carbons (Fsp3) is 0.150. The molecule has 0 spiro atoms. The zero-order valence-corrected chi connectivity index (χ0v) is 16.4. The lowest BCUT2D eigenvalue weighted by Crippen LogP contribution is -2.15. The number of hydrogen-bond acceptors (Lipinski definition) is 6. The Balaban J connectivity index is 1.81. The predicted octanol–water partition coefficient (Wildman–Crippen LogP) is 4.45. The van der Waals surface area contributed by atoms with Crippen LogP contribution in [0.3, 0.4) is 0 Å². The highest BCUT2D eigenvalue weighted by molar-refractivity contribution is 6.30. The third kappa shape index (κ3) is 4.69. The Bertz CT molecular complexity index is 993. The number of aryl methyl sites for hydroxylation is 1. The number of ether oxygens (including phenoxy) is 2. The summed E-state index contributed by atoms with van der Waals surface area (Å²) in [5.74, 6) is 1.81. The fourth-order valence-corrected chi connectivity index (χ4v) is 2.66. The van der Waals surface area contributed by atoms with Crippen molar-refractivity contribution in [3.05, 3.63) is 65.1 Å². The summed E-state index contributed by atoms with van der Waals surface area (Å²) in [5.41, 5.74) is 1.60. The summed E-state index contributed by atoms with van der Waals surface area (Å²) in [7, 11) is 3.14. The van der Waals surface area contributed by atoms with Gasteiger partial charge in [0.15, 0.2) is 11.5 Å². The third-order valence-corrected chi connectivity index (χ3v) is 4.08. The normalized spacial score (nSPS) is 10.3. The van der Waals surface area contributed by atoms with Gasteiger partial charge < -0.3 is 20.1 Å². The Morgan fingerprint density at radius 2 is 1.61 bits per heavy atom. The van der Waals surface area contributed by atoms with Crippen LogP contribution in [0.5, 0.6) is 11.5 Å². The molecule has 0 atom stereocenters. The highest BCUT2D eigenvalue weighted by atomic mass is 35.5. The van der Waals surface area contributed by atoms with Crippen LogP contribution in [0.15, 0.2) is 48.5 Å². The molecule has 0 aliphatic heterocycles. The van der Waals surface area contributed by atoms with E-state index in [0.29, 0.717) is 33.9 Å². The molecule has 0 aliphatic rings. The molecule has 8 heteroatoms. The van der Waals surface area contributed by atoms with Crippen molar-refractivity contribution in [1.29, 1.82) is 0 Å². The van der Waals surface area contributed by atoms with Crippen molar-refractivity contribution in [2.24, 2.45) is 0 Å². The minimum absolute atomic E-state index is 0.241. The molecule has 3 aromatic rings. The third-order valence-electron chi connectivity index (χ3n) is 3.83. The van der Waals surface area contributed by atoms with E-state index in [4.69, 9.17) is 21.1 Å². The monoisotopic (exact) mass is 398 g/mol. The Hall–Kier alpha value is -3.32. The van der Waals surface area contributed by atoms with Crippen LogP contribution in [0.1, 0.15) is 16.3 Å². The second kappa shape index (κ2) is 8.58. The van der Waals surface area contributed by atoms with Crippen molar-refractivity contribution in [1.82, 2.24) is 9.97 Å². The molecule has 1 heterocycles. The molecule has 0 saturated carbocycles. The summed E-state index contributed by atoms with van der Waals surface area (Å²) in [6, 6.07) is 13.8. The molecule has 2 aromatic carbocycles. The van der Waals surface area contributed by atoms with Crippen molar-refractivity contribution in [2.45, 2.75) is 6.92 Å². The average Bonchev–Trinajstić information content (AvgIpc) is 2.69. The van der Waals surface area contributed by atoms with Crippen LogP contribution in [-0.4, -0.2) is 30.1 Å². The summed E-state index contributed by atoms with van der Waals surface area (Å²) >= 11 is 5.87. The molecule has 1 aromatic heterocycles. The van der Waals surface area contributed by atoms with Gasteiger partial charge in [-0.15, -0.1) is 0 Å². The molecule has 0 bridgehead atoms. The number of benzene rings is 2. The number of rotatable bonds is 6. The molecule has 0 fully saturated rings. The molecule has 0 unspecified atom stereocenters. The van der Waals surface area contributed by atoms with Crippen molar-refractivity contribution in [2.75, 3.05) is 24.9 Å². The highest BCUT2D eigenvalue weighted by Gasteiger charge is 2.12. The maximum Gasteiger partial charge on any atom is 0.274 e. The second-order valence-corrected chi connectivity index (χ2v) is 6.28. The van der Waals surface area contributed by atoms with Crippen LogP contribution in [0.4, 0.5) is 17.2 Å². The van der Waals surface area contributed by atoms with Gasteiger partial charge in [0.25, 0.3) is 5.91 Å². The number of carbonyl (C=O) groups is 1. The molecule has 1 amide bonds. The topological polar surface area (TPSA) is 85.4 Å². The first-order valence-electron chi connectivity index (χ1n) is 8.40. The molecule has 144 valence electrons. The Kier molecular flexibility index (Phi) is 5.96. The van der Waals surface area contributed by atoms with Gasteiger partial charge in [-0.2, -0.15) is 0 Å². The largest absolute Gasteiger partial charge is 0.493 e. The van der Waals surface area contributed by atoms with E-state index in [1.54, 1.807) is 63.6 Å². The second-order valence-electron chi connectivity index (χ2n) is 5.84. The lowest BCUT2D eigenvalue weighted by Gasteiger charge is -2.12. The van der Waals surface area contributed by atoms with Crippen LogP contribution in [-0.2, 0) is 0 Å². The Labute approximate surface area is 167 Å². The molecule has 2 N–H and O–H groups in total. The van der Waals surface area contributed by atoms with E-state index in [9.17, 15) is 4.79 Å². The van der Waals surface area contributed by atoms with Gasteiger partial charge in [0.1, 0.15) is 17.3 Å². The first-order valence-corrected chi connectivity index (χ1v) is 8.78. The van der Waals surface area contributed by atoms with Crippen LogP contribution < -0.4 is 20.1 Å². The number of nitrogens with zero attached hydrogens (tertiary/aromatic N) is 2. The molecule has 0 saturated heterocycles. The zero-order valence-electron chi connectivity index (χ0n) is 15.6. The van der Waals surface area contributed by atoms with Crippen LogP contribution in [0, 0.1) is 6.92 Å². The summed E-state index contributed by atoms with van der Waals surface area (Å²) < 4.78 is 10.5. The van der Waals surface area contributed by atoms with Gasteiger partial charge in [-0.3, -0.25) is 4.79 Å². The van der Waals surface area contributed by atoms with E-state index in [1.165, 1.54) is 0 Å². The van der Waals surface area contributed by atoms with E-state index in [2.05, 4.69) is 20.6 Å². The number of amides is 1. The highest BCUT2D eigenvalue weighted by Crippen LogP contribution is 2.31. The minimum atomic E-state index is -0.344. The van der Waals surface area contributed by atoms with Gasteiger partial charge >= 0.3 is 0 Å². The number of hydrogen-bond donors (Lipinski definition) is 2. The van der Waals surface area contributed by atoms with Gasteiger partial charge in [-0.1, -0.05) is 11.6 Å². The summed E-state index contributed by atoms with van der Waals surface area (Å²) in [6.07, 6.45) is 0. The first kappa shape index (κ1) is 19.4. The van der Waals surface area contributed by atoms with Gasteiger partial charge in [0.2, 0.25) is 0 Å². The number of halogens is 1. The summed E-state index contributed by atoms with van der Waals surface area (Å²) in [6.45, 7) is 1.72. The summed E-state index contributed by atoms with van der Waals surface area (Å²) in [5, 5.41) is 6.53. The molecular formula is C20H19ClN4O3. The van der Waals surface area contributed by atoms with E-state index in [1.807, 2.05) is 6.07 Å². The van der Waals surface area contributed by atoms with Gasteiger partial charge in [0.05, 0.1) is 14.2 Å². The molecular weight excluding hydrogens is 380 g/mol. The van der Waals surface area contributed by atoms with Gasteiger partial charge in [0, 0.05) is 28.5 Å². The van der Waals surface area contributed by atoms with Gasteiger partial charge in [-0.05, 0) is 43.3 Å². The molecule has 3 rings (SSSR count). The first-order chi connectivity index (χ1) is 13.5. The number of nitrogens with one attached hydrogen (secondary N) is 2. The Morgan fingerprint density at radius 3 is 2.29 bits per heavy atom. The van der Waals surface area contributed by atoms with Crippen molar-refractivity contribution in [3.8, 4) is 11.5 Å². The lowest BCUT2D eigenvalue weighted by atomic mass is 10.2. The zero-order chi connectivity index (χ0) is 20.1. The van der Waals surface area contributed by atoms with E-state index in [-0.39, 0.29) is 11.6 Å². The maximum atomic E-state index is 12.5. The van der Waals surface area contributed by atoms with E-state index < -0.39 is 0 Å². The maximum absolute atomic E-state index is 12.5. The van der Waals surface area contributed by atoms with Crippen molar-refractivity contribution < 1.29 is 14.3 Å². The van der Waals surface area contributed by atoms with Gasteiger partial charge in [-0.25, -0.2) is 9.97 Å². The van der Waals surface area contributed by atoms with E-state index in [0.717, 1.165) is 5.69 Å². The lowest BCUT2D eigenvalue weighted by molar-refractivity contribution is 0.102. The molecule has 28 heavy (non-hydrogen) atoms. The minimum Gasteiger partial charge on any atom is -0.493 e. The molecule has 0 aliphatic carbocycles. The summed E-state index contributed by atoms with van der Waals surface area (Å²) in [4.78, 5) is 21.1. The number of anilines is 3. The average molecular weight is 399 g/mol. The van der Waals surface area contributed by atoms with E-state index >= 15 is 0 Å². The molecule has 0 radical (unpaired) electrons. The fourth-order valence-electron chi connectivity index (χ4n) is 2.54. The van der Waals surface area contributed by atoms with Crippen LogP contribution in [0.25, 0.3) is 0 Å². The van der Waals surface area contributed by atoms with Crippen molar-refractivity contribution in [3.63, 3.8) is 0 Å². The molecule has 7 nitrogen and oxygen atoms in total. The van der Waals surface area contributed by atoms with Crippen LogP contribution in [0.2, 0.25) is 5.02 Å². The number of aromatic nitrogens is 2. The number of carbonyl (C=O) groups excluding carboxylic acids is 1. The Morgan fingerprint density at radius 1 is 0.929 bits per heavy atom. The quantitative estimate of drug-likeness (QED) is 0.638. The van der Waals surface area contributed by atoms with Crippen LogP contribution >= 0.6 is 11.6 Å². The SMILES string of the molecule is COc1ccc(Nc2cc(C(=O)Nc3ccc(Cl)cc3)nc(C)n2)cc1OC.